The van der Waals surface area contributed by atoms with Gasteiger partial charge in [-0.05, 0) is 63.8 Å². The molecular formula is C13H12BrNO2S2. The molecule has 1 aromatic heterocycles. The van der Waals surface area contributed by atoms with Crippen LogP contribution < -0.4 is 4.72 Å². The summed E-state index contributed by atoms with van der Waals surface area (Å²) in [6.07, 6.45) is 2.18. The molecule has 0 amide bonds. The monoisotopic (exact) mass is 357 g/mol. The van der Waals surface area contributed by atoms with E-state index in [2.05, 4.69) is 20.7 Å². The molecule has 0 unspecified atom stereocenters. The van der Waals surface area contributed by atoms with Gasteiger partial charge in [-0.25, -0.2) is 8.42 Å². The van der Waals surface area contributed by atoms with Crippen molar-refractivity contribution >= 4 is 43.0 Å². The lowest BCUT2D eigenvalue weighted by Gasteiger charge is -2.09. The van der Waals surface area contributed by atoms with Crippen LogP contribution in [-0.4, -0.2) is 8.42 Å². The Bertz CT molecular complexity index is 705. The van der Waals surface area contributed by atoms with Crippen LogP contribution in [0.3, 0.4) is 0 Å². The average Bonchev–Trinajstić information content (AvgIpc) is 3.09. The number of para-hydroxylation sites is 1. The first kappa shape index (κ1) is 13.1. The van der Waals surface area contributed by atoms with Crippen LogP contribution in [-0.2, 0) is 10.0 Å². The van der Waals surface area contributed by atoms with E-state index >= 15 is 0 Å². The predicted molar refractivity (Wildman–Crippen MR) is 81.2 cm³/mol. The number of thiophene rings is 1. The fraction of sp³-hybridized carbons (Fsp3) is 0.231. The van der Waals surface area contributed by atoms with E-state index in [1.807, 2.05) is 23.6 Å². The maximum absolute atomic E-state index is 12.4. The molecule has 19 heavy (non-hydrogen) atoms. The van der Waals surface area contributed by atoms with Gasteiger partial charge in [0, 0.05) is 4.47 Å². The number of anilines is 1. The highest BCUT2D eigenvalue weighted by Gasteiger charge is 2.31. The molecule has 1 fully saturated rings. The summed E-state index contributed by atoms with van der Waals surface area (Å²) in [5, 5.41) is 1.85. The van der Waals surface area contributed by atoms with Gasteiger partial charge >= 0.3 is 0 Å². The second kappa shape index (κ2) is 4.92. The molecule has 0 spiro atoms. The average molecular weight is 358 g/mol. The highest BCUT2D eigenvalue weighted by atomic mass is 79.9. The van der Waals surface area contributed by atoms with Crippen molar-refractivity contribution in [3.63, 3.8) is 0 Å². The van der Waals surface area contributed by atoms with Crippen molar-refractivity contribution in [3.05, 3.63) is 45.7 Å². The fourth-order valence-corrected chi connectivity index (χ4v) is 5.08. The van der Waals surface area contributed by atoms with Crippen molar-refractivity contribution < 1.29 is 8.42 Å². The van der Waals surface area contributed by atoms with E-state index in [4.69, 9.17) is 0 Å². The van der Waals surface area contributed by atoms with Gasteiger partial charge in [0.25, 0.3) is 10.0 Å². The number of rotatable bonds is 4. The SMILES string of the molecule is O=S(=O)(Nc1ccccc1Br)c1sccc1C1CC1. The number of sulfonamides is 1. The lowest BCUT2D eigenvalue weighted by molar-refractivity contribution is 0.602. The Labute approximate surface area is 124 Å². The molecule has 1 saturated carbocycles. The number of halogens is 1. The van der Waals surface area contributed by atoms with E-state index in [9.17, 15) is 8.42 Å². The molecule has 1 aliphatic rings. The molecule has 3 nitrogen and oxygen atoms in total. The summed E-state index contributed by atoms with van der Waals surface area (Å²) >= 11 is 4.63. The molecule has 1 N–H and O–H groups in total. The van der Waals surface area contributed by atoms with E-state index in [-0.39, 0.29) is 0 Å². The van der Waals surface area contributed by atoms with Gasteiger partial charge in [-0.3, -0.25) is 4.72 Å². The number of nitrogens with one attached hydrogen (secondary N) is 1. The second-order valence-electron chi connectivity index (χ2n) is 4.52. The summed E-state index contributed by atoms with van der Waals surface area (Å²) in [7, 11) is -3.49. The van der Waals surface area contributed by atoms with Crippen molar-refractivity contribution in [1.29, 1.82) is 0 Å². The maximum Gasteiger partial charge on any atom is 0.271 e. The zero-order valence-electron chi connectivity index (χ0n) is 9.97. The van der Waals surface area contributed by atoms with Crippen LogP contribution in [0.2, 0.25) is 0 Å². The van der Waals surface area contributed by atoms with E-state index in [0.29, 0.717) is 15.8 Å². The van der Waals surface area contributed by atoms with Gasteiger partial charge in [-0.1, -0.05) is 12.1 Å². The van der Waals surface area contributed by atoms with Gasteiger partial charge in [0.2, 0.25) is 0 Å². The van der Waals surface area contributed by atoms with Crippen LogP contribution in [0.1, 0.15) is 24.3 Å². The largest absolute Gasteiger partial charge is 0.278 e. The molecule has 0 bridgehead atoms. The number of hydrogen-bond donors (Lipinski definition) is 1. The van der Waals surface area contributed by atoms with Crippen molar-refractivity contribution in [2.45, 2.75) is 23.0 Å². The highest BCUT2D eigenvalue weighted by molar-refractivity contribution is 9.10. The highest BCUT2D eigenvalue weighted by Crippen LogP contribution is 2.45. The Morgan fingerprint density at radius 1 is 1.21 bits per heavy atom. The van der Waals surface area contributed by atoms with E-state index in [1.54, 1.807) is 12.1 Å². The summed E-state index contributed by atoms with van der Waals surface area (Å²) in [6.45, 7) is 0. The van der Waals surface area contributed by atoms with Gasteiger partial charge in [-0.2, -0.15) is 0 Å². The van der Waals surface area contributed by atoms with Gasteiger partial charge in [-0.15, -0.1) is 11.3 Å². The molecule has 3 rings (SSSR count). The van der Waals surface area contributed by atoms with Crippen LogP contribution in [0.25, 0.3) is 0 Å². The number of benzene rings is 1. The fourth-order valence-electron chi connectivity index (χ4n) is 1.96. The van der Waals surface area contributed by atoms with Gasteiger partial charge in [0.05, 0.1) is 5.69 Å². The topological polar surface area (TPSA) is 46.2 Å². The predicted octanol–water partition coefficient (Wildman–Crippen LogP) is 4.19. The second-order valence-corrected chi connectivity index (χ2v) is 8.17. The summed E-state index contributed by atoms with van der Waals surface area (Å²) in [5.41, 5.74) is 1.53. The Morgan fingerprint density at radius 3 is 2.63 bits per heavy atom. The molecule has 0 aliphatic heterocycles. The maximum atomic E-state index is 12.4. The zero-order chi connectivity index (χ0) is 13.5. The molecule has 1 aromatic carbocycles. The first-order chi connectivity index (χ1) is 9.08. The molecule has 0 atom stereocenters. The van der Waals surface area contributed by atoms with Crippen LogP contribution in [0.5, 0.6) is 0 Å². The molecule has 0 saturated heterocycles. The third-order valence-electron chi connectivity index (χ3n) is 3.04. The molecule has 2 aromatic rings. The molecule has 6 heteroatoms. The first-order valence-corrected chi connectivity index (χ1v) is 9.08. The van der Waals surface area contributed by atoms with Crippen LogP contribution in [0.15, 0.2) is 44.4 Å². The minimum absolute atomic E-state index is 0.428. The number of hydrogen-bond acceptors (Lipinski definition) is 3. The van der Waals surface area contributed by atoms with E-state index in [0.717, 1.165) is 22.9 Å². The third-order valence-corrected chi connectivity index (χ3v) is 6.61. The lowest BCUT2D eigenvalue weighted by Crippen LogP contribution is -2.13. The van der Waals surface area contributed by atoms with Crippen molar-refractivity contribution in [2.24, 2.45) is 0 Å². The quantitative estimate of drug-likeness (QED) is 0.891. The molecular weight excluding hydrogens is 346 g/mol. The van der Waals surface area contributed by atoms with Crippen LogP contribution in [0.4, 0.5) is 5.69 Å². The Balaban J connectivity index is 1.95. The van der Waals surface area contributed by atoms with Crippen molar-refractivity contribution in [3.8, 4) is 0 Å². The van der Waals surface area contributed by atoms with Crippen LogP contribution in [0, 0.1) is 0 Å². The Hall–Kier alpha value is -0.850. The van der Waals surface area contributed by atoms with E-state index < -0.39 is 10.0 Å². The lowest BCUT2D eigenvalue weighted by atomic mass is 10.2. The van der Waals surface area contributed by atoms with Crippen molar-refractivity contribution in [2.75, 3.05) is 4.72 Å². The molecule has 1 heterocycles. The standard InChI is InChI=1S/C13H12BrNO2S2/c14-11-3-1-2-4-12(11)15-19(16,17)13-10(7-8-18-13)9-5-6-9/h1-4,7-9,15H,5-6H2. The molecule has 1 aliphatic carbocycles. The third kappa shape index (κ3) is 2.70. The molecule has 0 radical (unpaired) electrons. The Kier molecular flexibility index (Phi) is 3.41. The molecule has 100 valence electrons. The normalized spacial score (nSPS) is 15.4. The van der Waals surface area contributed by atoms with Crippen LogP contribution >= 0.6 is 27.3 Å². The summed E-state index contributed by atoms with van der Waals surface area (Å²) in [6, 6.07) is 9.14. The Morgan fingerprint density at radius 2 is 1.95 bits per heavy atom. The van der Waals surface area contributed by atoms with Crippen molar-refractivity contribution in [1.82, 2.24) is 0 Å². The van der Waals surface area contributed by atoms with E-state index in [1.165, 1.54) is 11.3 Å². The zero-order valence-corrected chi connectivity index (χ0v) is 13.2. The van der Waals surface area contributed by atoms with Gasteiger partial charge < -0.3 is 0 Å². The summed E-state index contributed by atoms with van der Waals surface area (Å²) in [5.74, 6) is 0.428. The smallest absolute Gasteiger partial charge is 0.271 e. The minimum Gasteiger partial charge on any atom is -0.278 e. The van der Waals surface area contributed by atoms with Gasteiger partial charge in [0.1, 0.15) is 4.21 Å². The summed E-state index contributed by atoms with van der Waals surface area (Å²) in [4.78, 5) is 0. The van der Waals surface area contributed by atoms with Gasteiger partial charge in [0.15, 0.2) is 0 Å². The minimum atomic E-state index is -3.49. The first-order valence-electron chi connectivity index (χ1n) is 5.92. The summed E-state index contributed by atoms with van der Waals surface area (Å²) < 4.78 is 28.7.